The predicted molar refractivity (Wildman–Crippen MR) is 72.8 cm³/mol. The van der Waals surface area contributed by atoms with Gasteiger partial charge in [0.25, 0.3) is 0 Å². The van der Waals surface area contributed by atoms with Crippen LogP contribution in [-0.4, -0.2) is 11.3 Å². The number of hydrogen-bond acceptors (Lipinski definition) is 2. The lowest BCUT2D eigenvalue weighted by molar-refractivity contribution is -0.125. The summed E-state index contributed by atoms with van der Waals surface area (Å²) in [5.41, 5.74) is 0.823. The fourth-order valence-corrected chi connectivity index (χ4v) is 2.90. The normalized spacial score (nSPS) is 31.2. The maximum atomic E-state index is 12.0. The van der Waals surface area contributed by atoms with Gasteiger partial charge >= 0.3 is 0 Å². The molecule has 0 radical (unpaired) electrons. The lowest BCUT2D eigenvalue weighted by Crippen LogP contribution is -2.55. The molecular weight excluding hydrogens is 210 g/mol. The molecule has 0 spiro atoms. The van der Waals surface area contributed by atoms with E-state index in [1.807, 2.05) is 6.92 Å². The molecule has 0 bridgehead atoms. The monoisotopic (exact) mass is 237 g/mol. The second kappa shape index (κ2) is 5.70. The van der Waals surface area contributed by atoms with Crippen LogP contribution in [0.15, 0.2) is 12.3 Å². The number of piperidine rings is 1. The highest BCUT2D eigenvalue weighted by atomic mass is 16.1. The van der Waals surface area contributed by atoms with Crippen LogP contribution in [0.4, 0.5) is 0 Å². The Kier molecular flexibility index (Phi) is 4.79. The van der Waals surface area contributed by atoms with Crippen molar-refractivity contribution in [2.75, 3.05) is 0 Å². The van der Waals surface area contributed by atoms with Crippen molar-refractivity contribution in [2.24, 2.45) is 11.8 Å². The Bertz CT molecular complexity index is 277. The third kappa shape index (κ3) is 3.11. The summed E-state index contributed by atoms with van der Waals surface area (Å²) in [7, 11) is 0. The summed E-state index contributed by atoms with van der Waals surface area (Å²) >= 11 is 0. The lowest BCUT2D eigenvalue weighted by Gasteiger charge is -2.44. The third-order valence-corrected chi connectivity index (χ3v) is 4.29. The maximum absolute atomic E-state index is 12.0. The van der Waals surface area contributed by atoms with Gasteiger partial charge in [0.05, 0.1) is 5.92 Å². The molecule has 3 atom stereocenters. The molecule has 17 heavy (non-hydrogen) atoms. The topological polar surface area (TPSA) is 29.1 Å². The molecule has 0 aliphatic carbocycles. The number of allylic oxidation sites excluding steroid dienone is 1. The standard InChI is InChI=1S/C15H27NO/c1-6-8-9-13(7-2)15(5)10-14(17)11(3)12(4)16-15/h11,13,16H,4,6-10H2,1-3,5H3/t11?,13?,15-/m0/s1. The molecule has 0 saturated carbocycles. The average molecular weight is 237 g/mol. The Labute approximate surface area is 106 Å². The van der Waals surface area contributed by atoms with Crippen molar-refractivity contribution < 1.29 is 4.79 Å². The van der Waals surface area contributed by atoms with E-state index < -0.39 is 0 Å². The van der Waals surface area contributed by atoms with Crippen molar-refractivity contribution in [2.45, 2.75) is 65.3 Å². The number of carbonyl (C=O) groups is 1. The number of rotatable bonds is 5. The zero-order chi connectivity index (χ0) is 13.1. The maximum Gasteiger partial charge on any atom is 0.143 e. The van der Waals surface area contributed by atoms with Crippen LogP contribution in [0.1, 0.15) is 59.8 Å². The van der Waals surface area contributed by atoms with Crippen LogP contribution in [0.2, 0.25) is 0 Å². The Morgan fingerprint density at radius 1 is 1.53 bits per heavy atom. The van der Waals surface area contributed by atoms with Crippen LogP contribution in [0.25, 0.3) is 0 Å². The Balaban J connectivity index is 2.78. The quantitative estimate of drug-likeness (QED) is 0.790. The first-order valence-corrected chi connectivity index (χ1v) is 6.94. The van der Waals surface area contributed by atoms with E-state index in [4.69, 9.17) is 0 Å². The highest BCUT2D eigenvalue weighted by Crippen LogP contribution is 2.35. The number of nitrogens with one attached hydrogen (secondary N) is 1. The summed E-state index contributed by atoms with van der Waals surface area (Å²) in [5.74, 6) is 0.883. The zero-order valence-electron chi connectivity index (χ0n) is 11.8. The van der Waals surface area contributed by atoms with Gasteiger partial charge in [0.15, 0.2) is 0 Å². The second-order valence-electron chi connectivity index (χ2n) is 5.68. The van der Waals surface area contributed by atoms with Gasteiger partial charge in [0, 0.05) is 17.7 Å². The highest BCUT2D eigenvalue weighted by molar-refractivity contribution is 5.85. The van der Waals surface area contributed by atoms with E-state index in [1.165, 1.54) is 19.3 Å². The van der Waals surface area contributed by atoms with Crippen LogP contribution < -0.4 is 5.32 Å². The Morgan fingerprint density at radius 2 is 2.18 bits per heavy atom. The predicted octanol–water partition coefficient (Wildman–Crippen LogP) is 3.67. The van der Waals surface area contributed by atoms with Gasteiger partial charge in [-0.1, -0.05) is 39.7 Å². The van der Waals surface area contributed by atoms with Crippen molar-refractivity contribution in [3.05, 3.63) is 12.3 Å². The average Bonchev–Trinajstić information content (AvgIpc) is 2.26. The molecule has 1 rings (SSSR count). The molecule has 0 aromatic carbocycles. The third-order valence-electron chi connectivity index (χ3n) is 4.29. The molecule has 1 N–H and O–H groups in total. The number of carbonyl (C=O) groups excluding carboxylic acids is 1. The smallest absolute Gasteiger partial charge is 0.143 e. The van der Waals surface area contributed by atoms with Gasteiger partial charge in [0.2, 0.25) is 0 Å². The van der Waals surface area contributed by atoms with Gasteiger partial charge in [-0.2, -0.15) is 0 Å². The van der Waals surface area contributed by atoms with Gasteiger partial charge in [-0.05, 0) is 26.2 Å². The van der Waals surface area contributed by atoms with Crippen molar-refractivity contribution in [1.29, 1.82) is 0 Å². The SMILES string of the molecule is C=C1N[C@](C)(C(CC)CCCC)CC(=O)C1C. The Morgan fingerprint density at radius 3 is 2.65 bits per heavy atom. The summed E-state index contributed by atoms with van der Waals surface area (Å²) in [6.45, 7) is 12.6. The van der Waals surface area contributed by atoms with Gasteiger partial charge in [-0.15, -0.1) is 0 Å². The fourth-order valence-electron chi connectivity index (χ4n) is 2.90. The molecule has 2 heteroatoms. The van der Waals surface area contributed by atoms with Crippen LogP contribution in [0.3, 0.4) is 0 Å². The molecule has 1 aliphatic heterocycles. The summed E-state index contributed by atoms with van der Waals surface area (Å²) in [4.78, 5) is 12.0. The van der Waals surface area contributed by atoms with E-state index in [-0.39, 0.29) is 11.5 Å². The summed E-state index contributed by atoms with van der Waals surface area (Å²) in [6.07, 6.45) is 5.43. The van der Waals surface area contributed by atoms with E-state index in [1.54, 1.807) is 0 Å². The highest BCUT2D eigenvalue weighted by Gasteiger charge is 2.40. The molecule has 0 amide bonds. The summed E-state index contributed by atoms with van der Waals surface area (Å²) in [6, 6.07) is 0. The van der Waals surface area contributed by atoms with Crippen molar-refractivity contribution in [3.63, 3.8) is 0 Å². The molecule has 1 heterocycles. The minimum atomic E-state index is -0.0788. The minimum Gasteiger partial charge on any atom is -0.382 e. The van der Waals surface area contributed by atoms with E-state index in [2.05, 4.69) is 32.7 Å². The molecule has 1 aliphatic rings. The van der Waals surface area contributed by atoms with E-state index in [9.17, 15) is 4.79 Å². The summed E-state index contributed by atoms with van der Waals surface area (Å²) in [5, 5.41) is 3.52. The van der Waals surface area contributed by atoms with Crippen molar-refractivity contribution in [1.82, 2.24) is 5.32 Å². The lowest BCUT2D eigenvalue weighted by atomic mass is 9.72. The van der Waals surface area contributed by atoms with Gasteiger partial charge in [-0.25, -0.2) is 0 Å². The zero-order valence-corrected chi connectivity index (χ0v) is 11.8. The van der Waals surface area contributed by atoms with Crippen molar-refractivity contribution in [3.8, 4) is 0 Å². The first-order valence-electron chi connectivity index (χ1n) is 6.94. The number of hydrogen-bond donors (Lipinski definition) is 1. The molecule has 98 valence electrons. The van der Waals surface area contributed by atoms with Crippen LogP contribution in [0, 0.1) is 11.8 Å². The summed E-state index contributed by atoms with van der Waals surface area (Å²) < 4.78 is 0. The Hall–Kier alpha value is -0.790. The fraction of sp³-hybridized carbons (Fsp3) is 0.800. The van der Waals surface area contributed by atoms with E-state index in [0.717, 1.165) is 12.1 Å². The first kappa shape index (κ1) is 14.3. The van der Waals surface area contributed by atoms with Gasteiger partial charge < -0.3 is 5.32 Å². The molecular formula is C15H27NO. The molecule has 2 unspecified atom stereocenters. The van der Waals surface area contributed by atoms with E-state index in [0.29, 0.717) is 18.1 Å². The minimum absolute atomic E-state index is 0.0215. The molecule has 2 nitrogen and oxygen atoms in total. The van der Waals surface area contributed by atoms with Crippen LogP contribution >= 0.6 is 0 Å². The molecule has 1 saturated heterocycles. The number of Topliss-reactive ketones (excluding diaryl/α,β-unsaturated/α-hetero) is 1. The molecule has 0 aromatic heterocycles. The number of unbranched alkanes of at least 4 members (excludes halogenated alkanes) is 1. The van der Waals surface area contributed by atoms with Crippen LogP contribution in [-0.2, 0) is 4.79 Å². The largest absolute Gasteiger partial charge is 0.382 e. The molecule has 1 fully saturated rings. The number of ketones is 1. The first-order chi connectivity index (χ1) is 7.94. The van der Waals surface area contributed by atoms with E-state index >= 15 is 0 Å². The van der Waals surface area contributed by atoms with Crippen molar-refractivity contribution >= 4 is 5.78 Å². The van der Waals surface area contributed by atoms with Crippen LogP contribution in [0.5, 0.6) is 0 Å². The van der Waals surface area contributed by atoms with Gasteiger partial charge in [0.1, 0.15) is 5.78 Å². The molecule has 0 aromatic rings. The van der Waals surface area contributed by atoms with Gasteiger partial charge in [-0.3, -0.25) is 4.79 Å². The second-order valence-corrected chi connectivity index (χ2v) is 5.68.